The third-order valence-electron chi connectivity index (χ3n) is 7.00. The normalized spacial score (nSPS) is 11.7. The standard InChI is InChI=1S/C37H27F4N3O4S/c1-48-26-17-15-22(16-18-26)19-30(43-35(45)24-11-6-3-7-12-24)36(46)42-25-13-8-14-27(20-25)49-34(23-9-4-2-5-10-23)37(47)44-33-31(40)28(38)21-29(39)32(33)41/h2-21,34H,1H3,(H,42,46)(H,43,45)(H,44,47)/b30-19+. The molecule has 3 amide bonds. The fourth-order valence-corrected chi connectivity index (χ4v) is 5.65. The largest absolute Gasteiger partial charge is 0.497 e. The first kappa shape index (κ1) is 34.5. The Morgan fingerprint density at radius 1 is 0.735 bits per heavy atom. The van der Waals surface area contributed by atoms with Gasteiger partial charge >= 0.3 is 0 Å². The summed E-state index contributed by atoms with van der Waals surface area (Å²) in [5, 5.41) is 6.25. The highest BCUT2D eigenvalue weighted by Gasteiger charge is 2.27. The van der Waals surface area contributed by atoms with Crippen molar-refractivity contribution in [3.05, 3.63) is 161 Å². The molecule has 0 aliphatic heterocycles. The second kappa shape index (κ2) is 15.8. The molecular weight excluding hydrogens is 658 g/mol. The first-order valence-electron chi connectivity index (χ1n) is 14.6. The van der Waals surface area contributed by atoms with Gasteiger partial charge in [-0.3, -0.25) is 14.4 Å². The molecule has 0 radical (unpaired) electrons. The van der Waals surface area contributed by atoms with Gasteiger partial charge in [0.2, 0.25) is 5.91 Å². The van der Waals surface area contributed by atoms with Gasteiger partial charge in [-0.15, -0.1) is 11.8 Å². The average Bonchev–Trinajstić information content (AvgIpc) is 3.12. The summed E-state index contributed by atoms with van der Waals surface area (Å²) < 4.78 is 61.7. The van der Waals surface area contributed by atoms with E-state index in [-0.39, 0.29) is 11.8 Å². The Labute approximate surface area is 283 Å². The minimum absolute atomic E-state index is 0.0498. The van der Waals surface area contributed by atoms with Crippen LogP contribution in [0, 0.1) is 23.3 Å². The van der Waals surface area contributed by atoms with Gasteiger partial charge in [-0.05, 0) is 59.7 Å². The lowest BCUT2D eigenvalue weighted by Crippen LogP contribution is -2.30. The van der Waals surface area contributed by atoms with Crippen molar-refractivity contribution < 1.29 is 36.7 Å². The van der Waals surface area contributed by atoms with Crippen LogP contribution in [0.2, 0.25) is 0 Å². The Morgan fingerprint density at radius 3 is 2.00 bits per heavy atom. The molecule has 0 saturated carbocycles. The number of nitrogens with one attached hydrogen (secondary N) is 3. The fraction of sp³-hybridized carbons (Fsp3) is 0.0541. The summed E-state index contributed by atoms with van der Waals surface area (Å²) in [5.41, 5.74) is 0.335. The molecule has 0 aromatic heterocycles. The summed E-state index contributed by atoms with van der Waals surface area (Å²) in [6.45, 7) is 0. The van der Waals surface area contributed by atoms with Crippen LogP contribution in [-0.2, 0) is 9.59 Å². The lowest BCUT2D eigenvalue weighted by atomic mass is 10.1. The van der Waals surface area contributed by atoms with E-state index in [1.807, 2.05) is 5.32 Å². The highest BCUT2D eigenvalue weighted by atomic mass is 32.2. The second-order valence-electron chi connectivity index (χ2n) is 10.4. The molecule has 3 N–H and O–H groups in total. The Hall–Kier alpha value is -5.88. The predicted molar refractivity (Wildman–Crippen MR) is 180 cm³/mol. The molecule has 248 valence electrons. The lowest BCUT2D eigenvalue weighted by molar-refractivity contribution is -0.116. The van der Waals surface area contributed by atoms with E-state index in [2.05, 4.69) is 10.6 Å². The zero-order chi connectivity index (χ0) is 34.9. The van der Waals surface area contributed by atoms with Gasteiger partial charge in [0.25, 0.3) is 11.8 Å². The molecule has 0 fully saturated rings. The topological polar surface area (TPSA) is 96.5 Å². The van der Waals surface area contributed by atoms with E-state index in [1.165, 1.54) is 13.2 Å². The highest BCUT2D eigenvalue weighted by Crippen LogP contribution is 2.38. The highest BCUT2D eigenvalue weighted by molar-refractivity contribution is 8.00. The summed E-state index contributed by atoms with van der Waals surface area (Å²) in [4.78, 5) is 40.4. The van der Waals surface area contributed by atoms with E-state index in [1.54, 1.807) is 109 Å². The molecule has 12 heteroatoms. The van der Waals surface area contributed by atoms with Crippen molar-refractivity contribution >= 4 is 46.9 Å². The number of ether oxygens (including phenoxy) is 1. The molecule has 0 aliphatic carbocycles. The molecule has 49 heavy (non-hydrogen) atoms. The van der Waals surface area contributed by atoms with Crippen LogP contribution >= 0.6 is 11.8 Å². The number of carbonyl (C=O) groups excluding carboxylic acids is 3. The lowest BCUT2D eigenvalue weighted by Gasteiger charge is -2.18. The Balaban J connectivity index is 1.40. The van der Waals surface area contributed by atoms with Crippen molar-refractivity contribution in [3.8, 4) is 5.75 Å². The van der Waals surface area contributed by atoms with Crippen LogP contribution in [0.1, 0.15) is 26.7 Å². The molecule has 5 aromatic carbocycles. The number of hydrogen-bond donors (Lipinski definition) is 3. The summed E-state index contributed by atoms with van der Waals surface area (Å²) >= 11 is 0.961. The Bertz CT molecular complexity index is 1980. The molecule has 5 aromatic rings. The number of benzene rings is 5. The maximum Gasteiger partial charge on any atom is 0.272 e. The number of thioether (sulfide) groups is 1. The summed E-state index contributed by atoms with van der Waals surface area (Å²) in [6, 6.07) is 29.8. The van der Waals surface area contributed by atoms with E-state index in [9.17, 15) is 31.9 Å². The number of hydrogen-bond acceptors (Lipinski definition) is 5. The van der Waals surface area contributed by atoms with Gasteiger partial charge in [-0.2, -0.15) is 0 Å². The monoisotopic (exact) mass is 685 g/mol. The van der Waals surface area contributed by atoms with Gasteiger partial charge < -0.3 is 20.7 Å². The van der Waals surface area contributed by atoms with Crippen molar-refractivity contribution in [2.75, 3.05) is 17.7 Å². The molecule has 0 spiro atoms. The van der Waals surface area contributed by atoms with Gasteiger partial charge in [0.15, 0.2) is 23.3 Å². The molecule has 0 aliphatic rings. The number of carbonyl (C=O) groups is 3. The molecule has 1 atom stereocenters. The number of anilines is 2. The number of halogens is 4. The molecule has 1 unspecified atom stereocenters. The van der Waals surface area contributed by atoms with Crippen LogP contribution in [0.5, 0.6) is 5.75 Å². The van der Waals surface area contributed by atoms with Crippen LogP contribution in [0.3, 0.4) is 0 Å². The van der Waals surface area contributed by atoms with E-state index >= 15 is 0 Å². The maximum atomic E-state index is 14.4. The van der Waals surface area contributed by atoms with Crippen molar-refractivity contribution in [2.45, 2.75) is 10.1 Å². The minimum Gasteiger partial charge on any atom is -0.497 e. The van der Waals surface area contributed by atoms with Crippen molar-refractivity contribution in [1.29, 1.82) is 0 Å². The third-order valence-corrected chi connectivity index (χ3v) is 8.25. The molecule has 5 rings (SSSR count). The predicted octanol–water partition coefficient (Wildman–Crippen LogP) is 8.13. The van der Waals surface area contributed by atoms with Crippen molar-refractivity contribution in [1.82, 2.24) is 5.32 Å². The van der Waals surface area contributed by atoms with E-state index < -0.39 is 51.9 Å². The average molecular weight is 686 g/mol. The van der Waals surface area contributed by atoms with Gasteiger partial charge in [0.1, 0.15) is 22.4 Å². The SMILES string of the molecule is COc1ccc(/C=C(/NC(=O)c2ccccc2)C(=O)Nc2cccc(SC(C(=O)Nc3c(F)c(F)cc(F)c3F)c3ccccc3)c2)cc1. The molecule has 7 nitrogen and oxygen atoms in total. The summed E-state index contributed by atoms with van der Waals surface area (Å²) in [5.74, 6) is -8.34. The first-order valence-corrected chi connectivity index (χ1v) is 15.5. The molecular formula is C37H27F4N3O4S. The van der Waals surface area contributed by atoms with Crippen LogP contribution in [0.4, 0.5) is 28.9 Å². The molecule has 0 bridgehead atoms. The van der Waals surface area contributed by atoms with E-state index in [0.29, 0.717) is 33.0 Å². The minimum atomic E-state index is -1.74. The van der Waals surface area contributed by atoms with Gasteiger partial charge in [0, 0.05) is 22.2 Å². The molecule has 0 saturated heterocycles. The number of methoxy groups -OCH3 is 1. The van der Waals surface area contributed by atoms with Gasteiger partial charge in [0.05, 0.1) is 7.11 Å². The smallest absolute Gasteiger partial charge is 0.272 e. The van der Waals surface area contributed by atoms with Crippen LogP contribution in [0.15, 0.2) is 126 Å². The van der Waals surface area contributed by atoms with E-state index in [0.717, 1.165) is 11.8 Å². The summed E-state index contributed by atoms with van der Waals surface area (Å²) in [6.07, 6.45) is 1.50. The zero-order valence-corrected chi connectivity index (χ0v) is 26.5. The second-order valence-corrected chi connectivity index (χ2v) is 11.6. The Kier molecular flexibility index (Phi) is 11.1. The van der Waals surface area contributed by atoms with Crippen LogP contribution in [-0.4, -0.2) is 24.8 Å². The molecule has 0 heterocycles. The Morgan fingerprint density at radius 2 is 1.37 bits per heavy atom. The third kappa shape index (κ3) is 8.73. The van der Waals surface area contributed by atoms with E-state index in [4.69, 9.17) is 4.74 Å². The van der Waals surface area contributed by atoms with Gasteiger partial charge in [-0.25, -0.2) is 17.6 Å². The summed E-state index contributed by atoms with van der Waals surface area (Å²) in [7, 11) is 1.52. The van der Waals surface area contributed by atoms with Crippen molar-refractivity contribution in [3.63, 3.8) is 0 Å². The quantitative estimate of drug-likeness (QED) is 0.0565. The van der Waals surface area contributed by atoms with Crippen LogP contribution in [0.25, 0.3) is 6.08 Å². The zero-order valence-electron chi connectivity index (χ0n) is 25.7. The van der Waals surface area contributed by atoms with Crippen LogP contribution < -0.4 is 20.7 Å². The fourth-order valence-electron chi connectivity index (χ4n) is 4.56. The first-order chi connectivity index (χ1) is 23.6. The number of rotatable bonds is 11. The maximum absolute atomic E-state index is 14.4. The van der Waals surface area contributed by atoms with Gasteiger partial charge in [-0.1, -0.05) is 66.7 Å². The number of amides is 3. The van der Waals surface area contributed by atoms with Crippen molar-refractivity contribution in [2.24, 2.45) is 0 Å².